The zero-order valence-electron chi connectivity index (χ0n) is 14.9. The van der Waals surface area contributed by atoms with Gasteiger partial charge in [0.15, 0.2) is 0 Å². The van der Waals surface area contributed by atoms with E-state index in [2.05, 4.69) is 0 Å². The number of rotatable bonds is 6. The van der Waals surface area contributed by atoms with Crippen molar-refractivity contribution in [3.05, 3.63) is 0 Å². The highest BCUT2D eigenvalue weighted by Crippen LogP contribution is 1.36. The minimum absolute atomic E-state index is 0.294. The van der Waals surface area contributed by atoms with Crippen molar-refractivity contribution in [1.82, 2.24) is 0 Å². The zero-order chi connectivity index (χ0) is 18.6. The fraction of sp³-hybridized carbons (Fsp3) is 1.00. The van der Waals surface area contributed by atoms with E-state index in [0.717, 1.165) is 19.6 Å². The summed E-state index contributed by atoms with van der Waals surface area (Å²) >= 11 is 0. The van der Waals surface area contributed by atoms with Gasteiger partial charge in [0, 0.05) is 0 Å². The van der Waals surface area contributed by atoms with Crippen molar-refractivity contribution in [2.24, 2.45) is 0 Å². The van der Waals surface area contributed by atoms with Crippen LogP contribution in [0.2, 0.25) is 0 Å². The molecule has 0 bridgehead atoms. The fourth-order valence-corrected chi connectivity index (χ4v) is 0.671. The summed E-state index contributed by atoms with van der Waals surface area (Å²) in [7, 11) is 9.14. The summed E-state index contributed by atoms with van der Waals surface area (Å²) in [5.74, 6) is 0. The van der Waals surface area contributed by atoms with E-state index in [1.54, 1.807) is 0 Å². The molecule has 0 saturated carbocycles. The average molecular weight is 329 g/mol. The Labute approximate surface area is 135 Å². The van der Waals surface area contributed by atoms with Gasteiger partial charge in [-0.1, -0.05) is 0 Å². The largest absolute Gasteiger partial charge is 0.907 e. The third-order valence-corrected chi connectivity index (χ3v) is 1.84. The van der Waals surface area contributed by atoms with E-state index in [1.165, 1.54) is 14.7 Å². The Hall–Kier alpha value is -0.295. The number of nitrogens with one attached hydrogen (secondary N) is 3. The first-order chi connectivity index (χ1) is 10.0. The molecule has 22 heavy (non-hydrogen) atoms. The Morgan fingerprint density at radius 1 is 0.591 bits per heavy atom. The Morgan fingerprint density at radius 3 is 0.727 bits per heavy atom. The molecule has 0 aliphatic rings. The molecule has 10 heteroatoms. The van der Waals surface area contributed by atoms with E-state index in [1.807, 2.05) is 42.3 Å². The van der Waals surface area contributed by atoms with Crippen LogP contribution in [-0.2, 0) is 0 Å². The Balaban J connectivity index is -0.0000000994. The van der Waals surface area contributed by atoms with Gasteiger partial charge in [-0.3, -0.25) is 7.32 Å². The average Bonchev–Trinajstić information content (AvgIpc) is 2.28. The number of hydrogen-bond donors (Lipinski definition) is 6. The molecule has 138 valence electrons. The normalized spacial score (nSPS) is 9.41. The summed E-state index contributed by atoms with van der Waals surface area (Å²) in [6.07, 6.45) is 0. The van der Waals surface area contributed by atoms with E-state index in [0.29, 0.717) is 19.8 Å². The predicted molar refractivity (Wildman–Crippen MR) is 80.0 cm³/mol. The maximum absolute atomic E-state index is 8.42. The maximum Gasteiger partial charge on any atom is 0.100 e. The van der Waals surface area contributed by atoms with Crippen molar-refractivity contribution >= 4 is 7.32 Å². The van der Waals surface area contributed by atoms with Gasteiger partial charge in [-0.2, -0.15) is 0 Å². The lowest BCUT2D eigenvalue weighted by Crippen LogP contribution is -3.06. The van der Waals surface area contributed by atoms with Gasteiger partial charge in [0.25, 0.3) is 0 Å². The first kappa shape index (κ1) is 29.7. The highest BCUT2D eigenvalue weighted by atomic mass is 16.5. The van der Waals surface area contributed by atoms with Crippen molar-refractivity contribution in [2.75, 3.05) is 81.7 Å². The molecule has 6 N–H and O–H groups in total. The van der Waals surface area contributed by atoms with Gasteiger partial charge in [0.1, 0.15) is 19.6 Å². The monoisotopic (exact) mass is 329 g/mol. The number of likely N-dealkylation sites (N-methyl/N-ethyl adjacent to an activating group) is 3. The number of hydrogen-bond acceptors (Lipinski definition) is 6. The summed E-state index contributed by atoms with van der Waals surface area (Å²) < 4.78 is 0. The Kier molecular flexibility index (Phi) is 34.6. The standard InChI is InChI=1S/3C4H11NO.BO3/c3*1-5(2)3-4-6;2-1(3)4/h3*6H,3-4H2,1-2H3;/q;;;-3/p+3. The van der Waals surface area contributed by atoms with Crippen LogP contribution >= 0.6 is 0 Å². The lowest BCUT2D eigenvalue weighted by Gasteiger charge is -2.35. The van der Waals surface area contributed by atoms with Gasteiger partial charge < -0.3 is 45.1 Å². The van der Waals surface area contributed by atoms with E-state index >= 15 is 0 Å². The highest BCUT2D eigenvalue weighted by molar-refractivity contribution is 6.24. The van der Waals surface area contributed by atoms with Crippen molar-refractivity contribution in [2.45, 2.75) is 0 Å². The van der Waals surface area contributed by atoms with E-state index in [4.69, 9.17) is 30.4 Å². The van der Waals surface area contributed by atoms with Crippen LogP contribution in [-0.4, -0.2) is 104 Å². The first-order valence-electron chi connectivity index (χ1n) is 7.22. The van der Waals surface area contributed by atoms with Crippen molar-refractivity contribution in [3.63, 3.8) is 0 Å². The number of aliphatic hydroxyl groups excluding tert-OH is 3. The lowest BCUT2D eigenvalue weighted by molar-refractivity contribution is -0.858. The first-order valence-corrected chi connectivity index (χ1v) is 7.22. The Morgan fingerprint density at radius 2 is 0.727 bits per heavy atom. The van der Waals surface area contributed by atoms with Gasteiger partial charge in [-0.05, 0) is 0 Å². The molecule has 0 fully saturated rings. The molecule has 0 rings (SSSR count). The minimum Gasteiger partial charge on any atom is -0.907 e. The maximum atomic E-state index is 8.42. The van der Waals surface area contributed by atoms with Crippen LogP contribution in [0.15, 0.2) is 0 Å². The van der Waals surface area contributed by atoms with Gasteiger partial charge in [-0.25, -0.2) is 0 Å². The molecular weight excluding hydrogens is 293 g/mol. The molecule has 0 saturated heterocycles. The highest BCUT2D eigenvalue weighted by Gasteiger charge is 1.85. The minimum atomic E-state index is -2.92. The third kappa shape index (κ3) is 91.0. The van der Waals surface area contributed by atoms with Gasteiger partial charge in [-0.15, -0.1) is 0 Å². The van der Waals surface area contributed by atoms with Gasteiger partial charge in [0.2, 0.25) is 0 Å². The van der Waals surface area contributed by atoms with E-state index in [9.17, 15) is 0 Å². The molecule has 0 amide bonds. The van der Waals surface area contributed by atoms with Crippen LogP contribution in [0, 0.1) is 0 Å². The van der Waals surface area contributed by atoms with Crippen LogP contribution in [0.3, 0.4) is 0 Å². The molecule has 0 aromatic carbocycles. The van der Waals surface area contributed by atoms with Crippen LogP contribution in [0.25, 0.3) is 0 Å². The van der Waals surface area contributed by atoms with Gasteiger partial charge >= 0.3 is 0 Å². The Bertz CT molecular complexity index is 150. The summed E-state index contributed by atoms with van der Waals surface area (Å²) in [6, 6.07) is 0. The van der Waals surface area contributed by atoms with Crippen molar-refractivity contribution in [1.29, 1.82) is 0 Å². The van der Waals surface area contributed by atoms with E-state index in [-0.39, 0.29) is 0 Å². The summed E-state index contributed by atoms with van der Waals surface area (Å²) in [6.45, 7) is 3.42. The zero-order valence-corrected chi connectivity index (χ0v) is 14.9. The molecule has 0 heterocycles. The quantitative estimate of drug-likeness (QED) is 0.267. The summed E-state index contributed by atoms with van der Waals surface area (Å²) in [5, 5.41) is 49.9. The number of aliphatic hydroxyl groups is 3. The predicted octanol–water partition coefficient (Wildman–Crippen LogP) is -9.58. The second-order valence-corrected chi connectivity index (χ2v) is 5.33. The second kappa shape index (κ2) is 25.6. The molecule has 0 spiro atoms. The summed E-state index contributed by atoms with van der Waals surface area (Å²) in [5.41, 5.74) is 0. The fourth-order valence-electron chi connectivity index (χ4n) is 0.671. The number of quaternary nitrogens is 3. The van der Waals surface area contributed by atoms with Crippen LogP contribution in [0.1, 0.15) is 0 Å². The van der Waals surface area contributed by atoms with Crippen LogP contribution in [0.5, 0.6) is 0 Å². The SMILES string of the molecule is C[NH+](C)CCO.C[NH+](C)CCO.C[NH+](C)CCO.[O-]B([O-])[O-]. The molecule has 9 nitrogen and oxygen atoms in total. The van der Waals surface area contributed by atoms with Crippen molar-refractivity contribution < 1.29 is 45.1 Å². The summed E-state index contributed by atoms with van der Waals surface area (Å²) in [4.78, 5) is 3.87. The molecule has 0 unspecified atom stereocenters. The molecule has 0 aromatic rings. The van der Waals surface area contributed by atoms with Crippen LogP contribution in [0.4, 0.5) is 0 Å². The topological polar surface area (TPSA) is 143 Å². The molecular formula is C12H36BN3O6. The van der Waals surface area contributed by atoms with E-state index < -0.39 is 7.32 Å². The van der Waals surface area contributed by atoms with Crippen molar-refractivity contribution in [3.8, 4) is 0 Å². The second-order valence-electron chi connectivity index (χ2n) is 5.33. The van der Waals surface area contributed by atoms with Gasteiger partial charge in [0.05, 0.1) is 62.1 Å². The lowest BCUT2D eigenvalue weighted by atomic mass is 10.3. The third-order valence-electron chi connectivity index (χ3n) is 1.84. The molecule has 0 aromatic heterocycles. The van der Waals surface area contributed by atoms with Crippen LogP contribution < -0.4 is 29.8 Å². The molecule has 0 atom stereocenters. The molecule has 0 aliphatic heterocycles. The molecule has 0 radical (unpaired) electrons. The smallest absolute Gasteiger partial charge is 0.100 e. The molecule has 0 aliphatic carbocycles.